The maximum Gasteiger partial charge on any atom is 0.236 e. The van der Waals surface area contributed by atoms with Crippen LogP contribution in [-0.2, 0) is 4.79 Å². The van der Waals surface area contributed by atoms with Crippen LogP contribution in [0.2, 0.25) is 0 Å². The van der Waals surface area contributed by atoms with Crippen LogP contribution in [0.15, 0.2) is 0 Å². The zero-order chi connectivity index (χ0) is 13.7. The number of carbonyl (C=O) groups is 1. The SMILES string of the molecule is CCN(CC)C1CCN(CC(=O)N2CCNCC2)C1. The molecule has 1 unspecified atom stereocenters. The monoisotopic (exact) mass is 268 g/mol. The number of nitrogens with one attached hydrogen (secondary N) is 1. The van der Waals surface area contributed by atoms with Gasteiger partial charge in [-0.05, 0) is 19.5 Å². The zero-order valence-corrected chi connectivity index (χ0v) is 12.4. The lowest BCUT2D eigenvalue weighted by atomic mass is 10.2. The fourth-order valence-corrected chi connectivity index (χ4v) is 3.20. The van der Waals surface area contributed by atoms with Gasteiger partial charge in [-0.15, -0.1) is 0 Å². The van der Waals surface area contributed by atoms with Crippen molar-refractivity contribution in [3.63, 3.8) is 0 Å². The van der Waals surface area contributed by atoms with E-state index in [1.165, 1.54) is 6.42 Å². The van der Waals surface area contributed by atoms with Crippen LogP contribution in [0.1, 0.15) is 20.3 Å². The van der Waals surface area contributed by atoms with Crippen LogP contribution in [-0.4, -0.2) is 85.6 Å². The number of rotatable bonds is 5. The van der Waals surface area contributed by atoms with Gasteiger partial charge in [0.05, 0.1) is 6.54 Å². The predicted molar refractivity (Wildman–Crippen MR) is 77.2 cm³/mol. The molecule has 0 aromatic heterocycles. The fraction of sp³-hybridized carbons (Fsp3) is 0.929. The van der Waals surface area contributed by atoms with Crippen LogP contribution in [0.4, 0.5) is 0 Å². The number of likely N-dealkylation sites (N-methyl/N-ethyl adjacent to an activating group) is 1. The molecule has 0 saturated carbocycles. The lowest BCUT2D eigenvalue weighted by Gasteiger charge is -2.30. The number of piperazine rings is 1. The highest BCUT2D eigenvalue weighted by Crippen LogP contribution is 2.15. The second kappa shape index (κ2) is 7.22. The summed E-state index contributed by atoms with van der Waals surface area (Å²) in [5, 5.41) is 3.29. The standard InChI is InChI=1S/C14H28N4O/c1-3-17(4-2)13-5-8-16(11-13)12-14(19)18-9-6-15-7-10-18/h13,15H,3-12H2,1-2H3. The Balaban J connectivity index is 1.76. The summed E-state index contributed by atoms with van der Waals surface area (Å²) in [4.78, 5) is 19.0. The third-order valence-corrected chi connectivity index (χ3v) is 4.40. The molecule has 5 heteroatoms. The number of nitrogens with zero attached hydrogens (tertiary/aromatic N) is 3. The van der Waals surface area contributed by atoms with Crippen LogP contribution < -0.4 is 5.32 Å². The Hall–Kier alpha value is -0.650. The number of amides is 1. The van der Waals surface area contributed by atoms with Gasteiger partial charge in [-0.2, -0.15) is 0 Å². The zero-order valence-electron chi connectivity index (χ0n) is 12.4. The normalized spacial score (nSPS) is 25.2. The van der Waals surface area contributed by atoms with Gasteiger partial charge in [-0.1, -0.05) is 13.8 Å². The molecule has 5 nitrogen and oxygen atoms in total. The van der Waals surface area contributed by atoms with Gasteiger partial charge in [-0.3, -0.25) is 14.6 Å². The Morgan fingerprint density at radius 2 is 1.89 bits per heavy atom. The molecule has 110 valence electrons. The van der Waals surface area contributed by atoms with Crippen LogP contribution in [0.5, 0.6) is 0 Å². The minimum Gasteiger partial charge on any atom is -0.339 e. The second-order valence-corrected chi connectivity index (χ2v) is 5.53. The van der Waals surface area contributed by atoms with E-state index in [4.69, 9.17) is 0 Å². The molecule has 2 heterocycles. The Morgan fingerprint density at radius 1 is 1.21 bits per heavy atom. The maximum atomic E-state index is 12.2. The van der Waals surface area contributed by atoms with Gasteiger partial charge >= 0.3 is 0 Å². The van der Waals surface area contributed by atoms with Gasteiger partial charge in [0, 0.05) is 45.3 Å². The van der Waals surface area contributed by atoms with E-state index < -0.39 is 0 Å². The molecule has 2 saturated heterocycles. The first-order chi connectivity index (χ1) is 9.24. The van der Waals surface area contributed by atoms with E-state index in [1.807, 2.05) is 4.90 Å². The summed E-state index contributed by atoms with van der Waals surface area (Å²) in [6.07, 6.45) is 1.20. The van der Waals surface area contributed by atoms with Crippen LogP contribution >= 0.6 is 0 Å². The van der Waals surface area contributed by atoms with Gasteiger partial charge in [-0.25, -0.2) is 0 Å². The quantitative estimate of drug-likeness (QED) is 0.752. The third-order valence-electron chi connectivity index (χ3n) is 4.40. The van der Waals surface area contributed by atoms with Crippen LogP contribution in [0, 0.1) is 0 Å². The van der Waals surface area contributed by atoms with E-state index in [0.717, 1.165) is 52.4 Å². The molecular formula is C14H28N4O. The molecule has 1 amide bonds. The van der Waals surface area contributed by atoms with Gasteiger partial charge in [0.25, 0.3) is 0 Å². The third kappa shape index (κ3) is 3.91. The summed E-state index contributed by atoms with van der Waals surface area (Å²) in [5.74, 6) is 0.307. The summed E-state index contributed by atoms with van der Waals surface area (Å²) in [6, 6.07) is 0.644. The molecule has 0 radical (unpaired) electrons. The summed E-state index contributed by atoms with van der Waals surface area (Å²) < 4.78 is 0. The van der Waals surface area contributed by atoms with Crippen molar-refractivity contribution in [1.29, 1.82) is 0 Å². The number of hydrogen-bond acceptors (Lipinski definition) is 4. The van der Waals surface area contributed by atoms with Crippen LogP contribution in [0.3, 0.4) is 0 Å². The lowest BCUT2D eigenvalue weighted by molar-refractivity contribution is -0.132. The highest BCUT2D eigenvalue weighted by atomic mass is 16.2. The van der Waals surface area contributed by atoms with Crippen molar-refractivity contribution in [2.24, 2.45) is 0 Å². The van der Waals surface area contributed by atoms with Crippen molar-refractivity contribution < 1.29 is 4.79 Å². The van der Waals surface area contributed by atoms with Crippen molar-refractivity contribution in [1.82, 2.24) is 20.0 Å². The van der Waals surface area contributed by atoms with E-state index >= 15 is 0 Å². The van der Waals surface area contributed by atoms with E-state index in [-0.39, 0.29) is 0 Å². The molecule has 19 heavy (non-hydrogen) atoms. The first-order valence-corrected chi connectivity index (χ1v) is 7.69. The molecule has 2 aliphatic rings. The van der Waals surface area contributed by atoms with Gasteiger partial charge in [0.1, 0.15) is 0 Å². The Morgan fingerprint density at radius 3 is 2.53 bits per heavy atom. The number of carbonyl (C=O) groups excluding carboxylic acids is 1. The first kappa shape index (κ1) is 14.8. The van der Waals surface area contributed by atoms with Crippen molar-refractivity contribution in [2.75, 3.05) is 58.9 Å². The number of hydrogen-bond donors (Lipinski definition) is 1. The van der Waals surface area contributed by atoms with Crippen molar-refractivity contribution in [3.8, 4) is 0 Å². The molecule has 0 aromatic rings. The van der Waals surface area contributed by atoms with Gasteiger partial charge < -0.3 is 10.2 Å². The molecule has 1 N–H and O–H groups in total. The summed E-state index contributed by atoms with van der Waals surface area (Å²) in [5.41, 5.74) is 0. The summed E-state index contributed by atoms with van der Waals surface area (Å²) in [6.45, 7) is 13.0. The van der Waals surface area contributed by atoms with E-state index in [9.17, 15) is 4.79 Å². The molecule has 0 aliphatic carbocycles. The predicted octanol–water partition coefficient (Wildman–Crippen LogP) is -0.166. The molecule has 0 spiro atoms. The molecule has 2 aliphatic heterocycles. The van der Waals surface area contributed by atoms with Crippen molar-refractivity contribution in [3.05, 3.63) is 0 Å². The molecule has 2 fully saturated rings. The van der Waals surface area contributed by atoms with Crippen molar-refractivity contribution >= 4 is 5.91 Å². The molecule has 0 aromatic carbocycles. The maximum absolute atomic E-state index is 12.2. The largest absolute Gasteiger partial charge is 0.339 e. The summed E-state index contributed by atoms with van der Waals surface area (Å²) >= 11 is 0. The minimum absolute atomic E-state index is 0.307. The minimum atomic E-state index is 0.307. The molecule has 1 atom stereocenters. The lowest BCUT2D eigenvalue weighted by Crippen LogP contribution is -2.49. The van der Waals surface area contributed by atoms with Gasteiger partial charge in [0.15, 0.2) is 0 Å². The molecule has 2 rings (SSSR count). The number of likely N-dealkylation sites (tertiary alicyclic amines) is 1. The Labute approximate surface area is 116 Å². The van der Waals surface area contributed by atoms with E-state index in [1.54, 1.807) is 0 Å². The first-order valence-electron chi connectivity index (χ1n) is 7.69. The Kier molecular flexibility index (Phi) is 5.60. The highest BCUT2D eigenvalue weighted by molar-refractivity contribution is 5.78. The highest BCUT2D eigenvalue weighted by Gasteiger charge is 2.28. The van der Waals surface area contributed by atoms with Crippen molar-refractivity contribution in [2.45, 2.75) is 26.3 Å². The van der Waals surface area contributed by atoms with E-state index in [0.29, 0.717) is 18.5 Å². The van der Waals surface area contributed by atoms with E-state index in [2.05, 4.69) is 29.0 Å². The second-order valence-electron chi connectivity index (χ2n) is 5.53. The average molecular weight is 268 g/mol. The summed E-state index contributed by atoms with van der Waals surface area (Å²) in [7, 11) is 0. The topological polar surface area (TPSA) is 38.8 Å². The van der Waals surface area contributed by atoms with Gasteiger partial charge in [0.2, 0.25) is 5.91 Å². The molecule has 0 bridgehead atoms. The Bertz CT molecular complexity index is 287. The van der Waals surface area contributed by atoms with Crippen LogP contribution in [0.25, 0.3) is 0 Å². The fourth-order valence-electron chi connectivity index (χ4n) is 3.20. The molecular weight excluding hydrogens is 240 g/mol. The smallest absolute Gasteiger partial charge is 0.236 e. The average Bonchev–Trinajstić information content (AvgIpc) is 2.89.